The number of hydrogen-bond acceptors (Lipinski definition) is 2. The Morgan fingerprint density at radius 3 is 3.05 bits per heavy atom. The van der Waals surface area contributed by atoms with Gasteiger partial charge in [0, 0.05) is 24.4 Å². The first-order chi connectivity index (χ1) is 9.72. The van der Waals surface area contributed by atoms with Crippen LogP contribution in [0.25, 0.3) is 0 Å². The highest BCUT2D eigenvalue weighted by Crippen LogP contribution is 2.50. The highest BCUT2D eigenvalue weighted by Gasteiger charge is 2.41. The molecule has 106 valence electrons. The van der Waals surface area contributed by atoms with Gasteiger partial charge in [-0.2, -0.15) is 0 Å². The highest BCUT2D eigenvalue weighted by molar-refractivity contribution is 5.80. The molecule has 1 aliphatic heterocycles. The van der Waals surface area contributed by atoms with Gasteiger partial charge < -0.3 is 10.1 Å². The van der Waals surface area contributed by atoms with Gasteiger partial charge in [0.05, 0.1) is 0 Å². The molecule has 1 N–H and O–H groups in total. The van der Waals surface area contributed by atoms with E-state index in [9.17, 15) is 4.79 Å². The van der Waals surface area contributed by atoms with Crippen LogP contribution in [0.2, 0.25) is 0 Å². The molecule has 3 heteroatoms. The number of carbonyl (C=O) groups excluding carboxylic acids is 1. The molecule has 3 nitrogen and oxygen atoms in total. The summed E-state index contributed by atoms with van der Waals surface area (Å²) in [5.41, 5.74) is 2.86. The Balaban J connectivity index is 1.40. The first-order valence-corrected chi connectivity index (χ1v) is 7.78. The molecule has 1 aromatic carbocycles. The Labute approximate surface area is 119 Å². The molecule has 1 aromatic rings. The Morgan fingerprint density at radius 2 is 2.25 bits per heavy atom. The fourth-order valence-electron chi connectivity index (χ4n) is 3.38. The van der Waals surface area contributed by atoms with E-state index in [2.05, 4.69) is 30.4 Å². The third kappa shape index (κ3) is 2.19. The van der Waals surface area contributed by atoms with Crippen LogP contribution in [0.3, 0.4) is 0 Å². The number of carbonyl (C=O) groups is 1. The van der Waals surface area contributed by atoms with Gasteiger partial charge in [-0.1, -0.05) is 12.1 Å². The monoisotopic (exact) mass is 271 g/mol. The number of benzene rings is 1. The van der Waals surface area contributed by atoms with Crippen molar-refractivity contribution in [2.75, 3.05) is 6.54 Å². The summed E-state index contributed by atoms with van der Waals surface area (Å²) in [5.74, 6) is 2.91. The van der Waals surface area contributed by atoms with Gasteiger partial charge in [-0.05, 0) is 49.7 Å². The molecule has 0 bridgehead atoms. The molecule has 0 radical (unpaired) electrons. The average molecular weight is 271 g/mol. The first kappa shape index (κ1) is 12.2. The van der Waals surface area contributed by atoms with Crippen molar-refractivity contribution in [3.05, 3.63) is 29.3 Å². The number of rotatable bonds is 4. The first-order valence-electron chi connectivity index (χ1n) is 7.78. The summed E-state index contributed by atoms with van der Waals surface area (Å²) in [5, 5.41) is 3.11. The normalized spacial score (nSPS) is 30.6. The summed E-state index contributed by atoms with van der Waals surface area (Å²) in [6.07, 6.45) is 4.71. The van der Waals surface area contributed by atoms with Crippen LogP contribution in [-0.2, 0) is 11.2 Å². The van der Waals surface area contributed by atoms with Crippen molar-refractivity contribution in [1.82, 2.24) is 5.32 Å². The van der Waals surface area contributed by atoms with Gasteiger partial charge in [-0.15, -0.1) is 0 Å². The third-order valence-corrected chi connectivity index (χ3v) is 4.80. The molecule has 2 saturated carbocycles. The number of ether oxygens (including phenoxy) is 1. The van der Waals surface area contributed by atoms with Crippen molar-refractivity contribution >= 4 is 5.91 Å². The smallest absolute Gasteiger partial charge is 0.223 e. The Kier molecular flexibility index (Phi) is 2.76. The van der Waals surface area contributed by atoms with E-state index in [4.69, 9.17) is 4.74 Å². The van der Waals surface area contributed by atoms with Crippen LogP contribution in [0, 0.1) is 11.8 Å². The number of amides is 1. The van der Waals surface area contributed by atoms with Crippen LogP contribution in [0.4, 0.5) is 0 Å². The van der Waals surface area contributed by atoms with Crippen molar-refractivity contribution in [3.8, 4) is 5.75 Å². The van der Waals surface area contributed by atoms with Crippen LogP contribution in [0.15, 0.2) is 18.2 Å². The minimum absolute atomic E-state index is 0.269. The van der Waals surface area contributed by atoms with Crippen LogP contribution in [0.5, 0.6) is 5.75 Å². The lowest BCUT2D eigenvalue weighted by molar-refractivity contribution is -0.122. The molecular formula is C17H21NO2. The minimum atomic E-state index is 0.269. The van der Waals surface area contributed by atoms with Gasteiger partial charge in [-0.25, -0.2) is 0 Å². The molecule has 1 unspecified atom stereocenters. The summed E-state index contributed by atoms with van der Waals surface area (Å²) in [7, 11) is 0. The SMILES string of the molecule is CC1Cc2c(cccc2[C@@H]2C[C@H]2CNC(=O)C2CC2)O1. The van der Waals surface area contributed by atoms with Crippen molar-refractivity contribution in [2.24, 2.45) is 11.8 Å². The molecule has 2 fully saturated rings. The van der Waals surface area contributed by atoms with E-state index in [0.717, 1.165) is 31.6 Å². The largest absolute Gasteiger partial charge is 0.490 e. The molecular weight excluding hydrogens is 250 g/mol. The third-order valence-electron chi connectivity index (χ3n) is 4.80. The van der Waals surface area contributed by atoms with Crippen molar-refractivity contribution in [1.29, 1.82) is 0 Å². The van der Waals surface area contributed by atoms with Gasteiger partial charge in [0.15, 0.2) is 0 Å². The molecule has 3 aliphatic rings. The highest BCUT2D eigenvalue weighted by atomic mass is 16.5. The van der Waals surface area contributed by atoms with Crippen LogP contribution in [0.1, 0.15) is 43.2 Å². The zero-order valence-corrected chi connectivity index (χ0v) is 11.9. The average Bonchev–Trinajstić information content (AvgIpc) is 3.32. The predicted molar refractivity (Wildman–Crippen MR) is 76.8 cm³/mol. The molecule has 2 aliphatic carbocycles. The standard InChI is InChI=1S/C17H21NO2/c1-10-7-15-13(3-2-4-16(15)20-10)14-8-12(14)9-18-17(19)11-5-6-11/h2-4,10-12,14H,5-9H2,1H3,(H,18,19)/t10?,12-,14+/m0/s1. The molecule has 0 spiro atoms. The second kappa shape index (κ2) is 4.51. The summed E-state index contributed by atoms with van der Waals surface area (Å²) in [6, 6.07) is 6.42. The fraction of sp³-hybridized carbons (Fsp3) is 0.588. The van der Waals surface area contributed by atoms with E-state index in [1.165, 1.54) is 17.5 Å². The molecule has 1 heterocycles. The second-order valence-electron chi connectivity index (χ2n) is 6.58. The van der Waals surface area contributed by atoms with E-state index in [0.29, 0.717) is 23.9 Å². The van der Waals surface area contributed by atoms with E-state index in [1.807, 2.05) is 0 Å². The quantitative estimate of drug-likeness (QED) is 0.914. The van der Waals surface area contributed by atoms with E-state index < -0.39 is 0 Å². The Bertz CT molecular complexity index is 550. The lowest BCUT2D eigenvalue weighted by Gasteiger charge is -2.07. The van der Waals surface area contributed by atoms with Gasteiger partial charge in [-0.3, -0.25) is 4.79 Å². The number of nitrogens with one attached hydrogen (secondary N) is 1. The van der Waals surface area contributed by atoms with Crippen molar-refractivity contribution in [3.63, 3.8) is 0 Å². The van der Waals surface area contributed by atoms with Gasteiger partial charge in [0.1, 0.15) is 11.9 Å². The van der Waals surface area contributed by atoms with Crippen LogP contribution >= 0.6 is 0 Å². The summed E-state index contributed by atoms with van der Waals surface area (Å²) < 4.78 is 5.83. The van der Waals surface area contributed by atoms with Crippen LogP contribution in [-0.4, -0.2) is 18.6 Å². The van der Waals surface area contributed by atoms with Crippen molar-refractivity contribution in [2.45, 2.75) is 44.6 Å². The van der Waals surface area contributed by atoms with E-state index >= 15 is 0 Å². The Morgan fingerprint density at radius 1 is 1.40 bits per heavy atom. The maximum Gasteiger partial charge on any atom is 0.223 e. The Hall–Kier alpha value is -1.51. The van der Waals surface area contributed by atoms with Gasteiger partial charge in [0.2, 0.25) is 5.91 Å². The molecule has 0 aromatic heterocycles. The minimum Gasteiger partial charge on any atom is -0.490 e. The summed E-state index contributed by atoms with van der Waals surface area (Å²) in [4.78, 5) is 11.7. The molecule has 4 rings (SSSR count). The number of fused-ring (bicyclic) bond motifs is 1. The maximum atomic E-state index is 11.7. The molecule has 20 heavy (non-hydrogen) atoms. The lowest BCUT2D eigenvalue weighted by Crippen LogP contribution is -2.27. The predicted octanol–water partition coefficient (Wildman–Crippen LogP) is 2.64. The van der Waals surface area contributed by atoms with Crippen molar-refractivity contribution < 1.29 is 9.53 Å². The van der Waals surface area contributed by atoms with Gasteiger partial charge in [0.25, 0.3) is 0 Å². The zero-order chi connectivity index (χ0) is 13.7. The lowest BCUT2D eigenvalue weighted by atomic mass is 9.98. The maximum absolute atomic E-state index is 11.7. The summed E-state index contributed by atoms with van der Waals surface area (Å²) in [6.45, 7) is 2.98. The van der Waals surface area contributed by atoms with E-state index in [1.54, 1.807) is 0 Å². The molecule has 0 saturated heterocycles. The van der Waals surface area contributed by atoms with E-state index in [-0.39, 0.29) is 5.91 Å². The topological polar surface area (TPSA) is 38.3 Å². The summed E-state index contributed by atoms with van der Waals surface area (Å²) >= 11 is 0. The number of hydrogen-bond donors (Lipinski definition) is 1. The zero-order valence-electron chi connectivity index (χ0n) is 11.9. The van der Waals surface area contributed by atoms with Crippen LogP contribution < -0.4 is 10.1 Å². The van der Waals surface area contributed by atoms with Gasteiger partial charge >= 0.3 is 0 Å². The molecule has 3 atom stereocenters. The fourth-order valence-corrected chi connectivity index (χ4v) is 3.38. The second-order valence-corrected chi connectivity index (χ2v) is 6.58. The molecule has 1 amide bonds.